The van der Waals surface area contributed by atoms with Crippen LogP contribution in [0, 0.1) is 20.2 Å². The summed E-state index contributed by atoms with van der Waals surface area (Å²) in [6.07, 6.45) is -2.19. The van der Waals surface area contributed by atoms with Crippen LogP contribution < -0.4 is 0 Å². The summed E-state index contributed by atoms with van der Waals surface area (Å²) in [6.45, 7) is 2.04. The van der Waals surface area contributed by atoms with Gasteiger partial charge in [0.1, 0.15) is 9.85 Å². The monoisotopic (exact) mass is 205 g/mol. The van der Waals surface area contributed by atoms with Crippen molar-refractivity contribution in [3.63, 3.8) is 0 Å². The Balaban J connectivity index is 4.68. The van der Waals surface area contributed by atoms with Crippen molar-refractivity contribution < 1.29 is 19.5 Å². The van der Waals surface area contributed by atoms with E-state index in [1.165, 1.54) is 0 Å². The number of hydrogen-bond donors (Lipinski definition) is 0. The molecule has 14 heavy (non-hydrogen) atoms. The molecule has 0 amide bonds. The van der Waals surface area contributed by atoms with Crippen molar-refractivity contribution in [3.8, 4) is 0 Å². The number of carbonyl (C=O) groups is 1. The molecule has 0 unspecified atom stereocenters. The normalized spacial score (nSPS) is 11.2. The van der Waals surface area contributed by atoms with E-state index in [2.05, 4.69) is 9.99 Å². The molecule has 0 saturated carbocycles. The first kappa shape index (κ1) is 11.9. The zero-order valence-corrected chi connectivity index (χ0v) is 7.37. The fourth-order valence-corrected chi connectivity index (χ4v) is 0.565. The highest BCUT2D eigenvalue weighted by atomic mass is 16.7. The van der Waals surface area contributed by atoms with Gasteiger partial charge >= 0.3 is 12.1 Å². The summed E-state index contributed by atoms with van der Waals surface area (Å²) >= 11 is 0. The molecular formula is C5H7N3O6. The second-order valence-corrected chi connectivity index (χ2v) is 2.26. The molecule has 9 heteroatoms. The van der Waals surface area contributed by atoms with Crippen molar-refractivity contribution in [1.82, 2.24) is 0 Å². The van der Waals surface area contributed by atoms with E-state index in [1.54, 1.807) is 0 Å². The molecule has 9 nitrogen and oxygen atoms in total. The summed E-state index contributed by atoms with van der Waals surface area (Å²) in [7, 11) is 0. The number of nitro groups is 2. The molecular weight excluding hydrogens is 198 g/mol. The van der Waals surface area contributed by atoms with Gasteiger partial charge < -0.3 is 4.84 Å². The first-order valence-electron chi connectivity index (χ1n) is 3.35. The molecule has 0 fully saturated rings. The van der Waals surface area contributed by atoms with E-state index in [9.17, 15) is 25.0 Å². The lowest BCUT2D eigenvalue weighted by molar-refractivity contribution is -0.719. The second-order valence-electron chi connectivity index (χ2n) is 2.26. The van der Waals surface area contributed by atoms with Crippen LogP contribution in [0.4, 0.5) is 0 Å². The van der Waals surface area contributed by atoms with E-state index in [0.29, 0.717) is 0 Å². The van der Waals surface area contributed by atoms with E-state index in [0.717, 1.165) is 13.8 Å². The molecule has 0 aromatic rings. The largest absolute Gasteiger partial charge is 0.492 e. The van der Waals surface area contributed by atoms with Crippen LogP contribution >= 0.6 is 0 Å². The molecule has 0 radical (unpaired) electrons. The first-order chi connectivity index (χ1) is 6.36. The molecule has 78 valence electrons. The van der Waals surface area contributed by atoms with E-state index in [4.69, 9.17) is 0 Å². The highest BCUT2D eigenvalue weighted by Crippen LogP contribution is 1.96. The molecule has 0 aliphatic heterocycles. The van der Waals surface area contributed by atoms with Crippen molar-refractivity contribution in [1.29, 1.82) is 0 Å². The lowest BCUT2D eigenvalue weighted by Crippen LogP contribution is -2.35. The number of oxime groups is 1. The number of rotatable bonds is 4. The molecule has 0 N–H and O–H groups in total. The maximum Gasteiger partial charge on any atom is 0.492 e. The fourth-order valence-electron chi connectivity index (χ4n) is 0.565. The Kier molecular flexibility index (Phi) is 4.13. The van der Waals surface area contributed by atoms with Crippen LogP contribution in [0.25, 0.3) is 0 Å². The summed E-state index contributed by atoms with van der Waals surface area (Å²) in [5.41, 5.74) is -0.504. The molecule has 0 aliphatic carbocycles. The van der Waals surface area contributed by atoms with Gasteiger partial charge in [0.15, 0.2) is 0 Å². The third-order valence-corrected chi connectivity index (χ3v) is 1.09. The van der Waals surface area contributed by atoms with Crippen molar-refractivity contribution in [2.24, 2.45) is 5.16 Å². The fraction of sp³-hybridized carbons (Fsp3) is 0.600. The van der Waals surface area contributed by atoms with Gasteiger partial charge in [-0.3, -0.25) is 20.2 Å². The van der Waals surface area contributed by atoms with E-state index in [1.807, 2.05) is 0 Å². The van der Waals surface area contributed by atoms with Crippen LogP contribution in [0.2, 0.25) is 0 Å². The summed E-state index contributed by atoms with van der Waals surface area (Å²) in [5, 5.41) is 23.3. The Morgan fingerprint density at radius 3 is 2.00 bits per heavy atom. The molecule has 0 heterocycles. The number of hydrogen-bond acceptors (Lipinski definition) is 7. The lowest BCUT2D eigenvalue weighted by Gasteiger charge is -1.99. The van der Waals surface area contributed by atoms with Gasteiger partial charge in [-0.25, -0.2) is 4.79 Å². The Hall–Kier alpha value is -2.06. The van der Waals surface area contributed by atoms with Crippen LogP contribution in [-0.2, 0) is 9.63 Å². The van der Waals surface area contributed by atoms with Crippen LogP contribution in [0.15, 0.2) is 5.16 Å². The summed E-state index contributed by atoms with van der Waals surface area (Å²) in [4.78, 5) is 32.3. The maximum absolute atomic E-state index is 10.2. The zero-order valence-electron chi connectivity index (χ0n) is 7.37. The minimum Gasteiger partial charge on any atom is -0.318 e. The molecule has 0 saturated heterocycles. The van der Waals surface area contributed by atoms with Gasteiger partial charge in [-0.15, -0.1) is 0 Å². The van der Waals surface area contributed by atoms with E-state index in [-0.39, 0.29) is 0 Å². The van der Waals surface area contributed by atoms with Crippen LogP contribution in [-0.4, -0.2) is 27.7 Å². The molecule has 0 aliphatic rings. The third-order valence-electron chi connectivity index (χ3n) is 1.09. The van der Waals surface area contributed by atoms with Crippen LogP contribution in [0.5, 0.6) is 0 Å². The Bertz CT molecular complexity index is 284. The van der Waals surface area contributed by atoms with E-state index >= 15 is 0 Å². The minimum absolute atomic E-state index is 0.504. The summed E-state index contributed by atoms with van der Waals surface area (Å²) < 4.78 is 0. The van der Waals surface area contributed by atoms with Gasteiger partial charge in [0, 0.05) is 6.92 Å². The first-order valence-corrected chi connectivity index (χ1v) is 3.35. The van der Waals surface area contributed by atoms with Crippen molar-refractivity contribution in [2.45, 2.75) is 20.0 Å². The van der Waals surface area contributed by atoms with Crippen LogP contribution in [0.3, 0.4) is 0 Å². The molecule has 0 atom stereocenters. The SMILES string of the molecule is CC(=O)O/N=C(/C)C([N+](=O)[O-])[N+](=O)[O-]. The molecule has 0 rings (SSSR count). The quantitative estimate of drug-likeness (QED) is 0.206. The second kappa shape index (κ2) is 4.84. The molecule has 0 bridgehead atoms. The zero-order chi connectivity index (χ0) is 11.3. The van der Waals surface area contributed by atoms with Crippen LogP contribution in [0.1, 0.15) is 13.8 Å². The molecule has 0 aromatic heterocycles. The minimum atomic E-state index is -2.19. The van der Waals surface area contributed by atoms with E-state index < -0.39 is 27.7 Å². The third kappa shape index (κ3) is 3.56. The topological polar surface area (TPSA) is 125 Å². The number of carbonyl (C=O) groups excluding carboxylic acids is 1. The van der Waals surface area contributed by atoms with Gasteiger partial charge in [-0.2, -0.15) is 0 Å². The van der Waals surface area contributed by atoms with Crippen molar-refractivity contribution in [2.75, 3.05) is 0 Å². The predicted molar refractivity (Wildman–Crippen MR) is 42.7 cm³/mol. The number of nitrogens with zero attached hydrogens (tertiary/aromatic N) is 3. The van der Waals surface area contributed by atoms with Gasteiger partial charge in [0.25, 0.3) is 0 Å². The smallest absolute Gasteiger partial charge is 0.318 e. The standard InChI is InChI=1S/C5H7N3O6/c1-3(6-14-4(2)9)5(7(10)11)8(12)13/h5H,1-2H3/b6-3-. The Morgan fingerprint density at radius 1 is 1.29 bits per heavy atom. The Morgan fingerprint density at radius 2 is 1.71 bits per heavy atom. The van der Waals surface area contributed by atoms with Gasteiger partial charge in [0.2, 0.25) is 5.71 Å². The average molecular weight is 205 g/mol. The van der Waals surface area contributed by atoms with Gasteiger partial charge in [-0.05, 0) is 6.92 Å². The van der Waals surface area contributed by atoms with Gasteiger partial charge in [-0.1, -0.05) is 5.16 Å². The lowest BCUT2D eigenvalue weighted by atomic mass is 10.3. The maximum atomic E-state index is 10.2. The Labute approximate surface area is 77.6 Å². The summed E-state index contributed by atoms with van der Waals surface area (Å²) in [6, 6.07) is 0. The predicted octanol–water partition coefficient (Wildman–Crippen LogP) is -0.195. The highest BCUT2D eigenvalue weighted by molar-refractivity contribution is 5.84. The molecule has 0 spiro atoms. The average Bonchev–Trinajstić information content (AvgIpc) is 1.99. The van der Waals surface area contributed by atoms with Gasteiger partial charge in [0.05, 0.1) is 0 Å². The molecule has 0 aromatic carbocycles. The summed E-state index contributed by atoms with van der Waals surface area (Å²) in [5.74, 6) is -0.810. The highest BCUT2D eigenvalue weighted by Gasteiger charge is 2.36. The van der Waals surface area contributed by atoms with Crippen molar-refractivity contribution >= 4 is 11.7 Å². The van der Waals surface area contributed by atoms with Crippen molar-refractivity contribution in [3.05, 3.63) is 20.2 Å².